The first kappa shape index (κ1) is 28.1. The number of nitrogens with zero attached hydrogens (tertiary/aromatic N) is 2. The molecule has 1 aliphatic rings. The lowest BCUT2D eigenvalue weighted by Gasteiger charge is -2.25. The number of aromatic nitrogens is 1. The molecular formula is C31H29Cl2N3O3S. The molecule has 3 aromatic carbocycles. The lowest BCUT2D eigenvalue weighted by Crippen LogP contribution is -2.26. The third kappa shape index (κ3) is 6.66. The van der Waals surface area contributed by atoms with Gasteiger partial charge in [0.05, 0.1) is 35.8 Å². The Kier molecular flexibility index (Phi) is 9.04. The topological polar surface area (TPSA) is 71.5 Å². The van der Waals surface area contributed by atoms with Gasteiger partial charge in [0.1, 0.15) is 0 Å². The van der Waals surface area contributed by atoms with E-state index < -0.39 is 0 Å². The number of carbonyl (C=O) groups is 2. The van der Waals surface area contributed by atoms with Crippen LogP contribution in [0.3, 0.4) is 0 Å². The summed E-state index contributed by atoms with van der Waals surface area (Å²) in [6.45, 7) is 0.807. The van der Waals surface area contributed by atoms with Gasteiger partial charge in [0.15, 0.2) is 5.13 Å². The summed E-state index contributed by atoms with van der Waals surface area (Å²) in [5.41, 5.74) is 7.22. The van der Waals surface area contributed by atoms with Gasteiger partial charge in [-0.25, -0.2) is 4.98 Å². The van der Waals surface area contributed by atoms with Gasteiger partial charge in [0.2, 0.25) is 0 Å². The lowest BCUT2D eigenvalue weighted by atomic mass is 9.91. The Morgan fingerprint density at radius 2 is 1.75 bits per heavy atom. The molecule has 0 aliphatic heterocycles. The summed E-state index contributed by atoms with van der Waals surface area (Å²) in [5.74, 6) is -0.587. The van der Waals surface area contributed by atoms with Crippen molar-refractivity contribution in [3.63, 3.8) is 0 Å². The van der Waals surface area contributed by atoms with Crippen LogP contribution in [0.5, 0.6) is 0 Å². The third-order valence-electron chi connectivity index (χ3n) is 6.98. The number of rotatable bonds is 9. The van der Waals surface area contributed by atoms with E-state index in [0.717, 1.165) is 40.5 Å². The van der Waals surface area contributed by atoms with Gasteiger partial charge in [-0.05, 0) is 78.8 Å². The molecule has 0 unspecified atom stereocenters. The number of amides is 1. The Balaban J connectivity index is 1.39. The predicted octanol–water partition coefficient (Wildman–Crippen LogP) is 7.63. The molecule has 0 spiro atoms. The van der Waals surface area contributed by atoms with Gasteiger partial charge in [0.25, 0.3) is 5.91 Å². The van der Waals surface area contributed by atoms with Crippen molar-refractivity contribution in [2.24, 2.45) is 0 Å². The maximum Gasteiger partial charge on any atom is 0.307 e. The number of carbonyl (C=O) groups excluding carboxylic acids is 2. The van der Waals surface area contributed by atoms with Crippen molar-refractivity contribution in [2.75, 3.05) is 18.6 Å². The van der Waals surface area contributed by atoms with E-state index in [-0.39, 0.29) is 24.8 Å². The first-order valence-electron chi connectivity index (χ1n) is 13.2. The van der Waals surface area contributed by atoms with E-state index in [2.05, 4.69) is 33.2 Å². The molecule has 6 nitrogen and oxygen atoms in total. The fourth-order valence-electron chi connectivity index (χ4n) is 4.76. The highest BCUT2D eigenvalue weighted by atomic mass is 35.5. The van der Waals surface area contributed by atoms with Crippen LogP contribution in [0.15, 0.2) is 66.0 Å². The number of anilines is 2. The molecule has 40 heavy (non-hydrogen) atoms. The Hall–Kier alpha value is -3.39. The summed E-state index contributed by atoms with van der Waals surface area (Å²) in [4.78, 5) is 31.0. The predicted molar refractivity (Wildman–Crippen MR) is 162 cm³/mol. The lowest BCUT2D eigenvalue weighted by molar-refractivity contribution is -0.140. The third-order valence-corrected chi connectivity index (χ3v) is 8.58. The average molecular weight is 595 g/mol. The molecule has 1 aliphatic carbocycles. The number of ether oxygens (including phenoxy) is 1. The van der Waals surface area contributed by atoms with E-state index >= 15 is 0 Å². The normalized spacial score (nSPS) is 12.5. The van der Waals surface area contributed by atoms with E-state index in [1.165, 1.54) is 31.1 Å². The van der Waals surface area contributed by atoms with Crippen molar-refractivity contribution in [1.29, 1.82) is 0 Å². The second kappa shape index (κ2) is 12.9. The van der Waals surface area contributed by atoms with E-state index in [1.807, 2.05) is 29.6 Å². The van der Waals surface area contributed by atoms with Crippen molar-refractivity contribution in [2.45, 2.75) is 38.6 Å². The molecule has 0 saturated heterocycles. The standard InChI is InChI=1S/C31H29Cl2N3O3S/c1-39-29(37)14-15-34-30(38)22-8-6-20(7-9-22)18-36(25-12-10-21-4-2-3-5-23(21)16-25)31-35-28(19-40-31)24-11-13-26(32)27(33)17-24/h6-13,16-17,19H,2-5,14-15,18H2,1H3,(H,34,38). The van der Waals surface area contributed by atoms with Crippen molar-refractivity contribution in [1.82, 2.24) is 10.3 Å². The minimum atomic E-state index is -0.359. The first-order chi connectivity index (χ1) is 19.4. The van der Waals surface area contributed by atoms with Crippen LogP contribution >= 0.6 is 34.5 Å². The minimum absolute atomic E-state index is 0.133. The minimum Gasteiger partial charge on any atom is -0.469 e. The number of methoxy groups -OCH3 is 1. The molecule has 0 atom stereocenters. The zero-order valence-electron chi connectivity index (χ0n) is 22.1. The number of esters is 1. The van der Waals surface area contributed by atoms with Gasteiger partial charge in [-0.3, -0.25) is 9.59 Å². The van der Waals surface area contributed by atoms with E-state index in [9.17, 15) is 9.59 Å². The van der Waals surface area contributed by atoms with Crippen molar-refractivity contribution in [3.05, 3.63) is 98.3 Å². The van der Waals surface area contributed by atoms with Crippen LogP contribution in [-0.2, 0) is 28.9 Å². The molecular weight excluding hydrogens is 565 g/mol. The summed E-state index contributed by atoms with van der Waals surface area (Å²) >= 11 is 14.0. The van der Waals surface area contributed by atoms with Gasteiger partial charge >= 0.3 is 5.97 Å². The van der Waals surface area contributed by atoms with Crippen LogP contribution in [0, 0.1) is 0 Å². The largest absolute Gasteiger partial charge is 0.469 e. The SMILES string of the molecule is COC(=O)CCNC(=O)c1ccc(CN(c2ccc3c(c2)CCCC3)c2nc(-c3ccc(Cl)c(Cl)c3)cs2)cc1. The summed E-state index contributed by atoms with van der Waals surface area (Å²) in [5, 5.41) is 6.65. The van der Waals surface area contributed by atoms with Gasteiger partial charge in [-0.2, -0.15) is 0 Å². The average Bonchev–Trinajstić information content (AvgIpc) is 3.47. The van der Waals surface area contributed by atoms with Gasteiger partial charge in [0, 0.05) is 28.7 Å². The molecule has 4 aromatic rings. The molecule has 9 heteroatoms. The summed E-state index contributed by atoms with van der Waals surface area (Å²) in [7, 11) is 1.33. The van der Waals surface area contributed by atoms with E-state index in [0.29, 0.717) is 22.2 Å². The Morgan fingerprint density at radius 3 is 2.50 bits per heavy atom. The van der Waals surface area contributed by atoms with Crippen LogP contribution in [0.2, 0.25) is 10.0 Å². The monoisotopic (exact) mass is 593 g/mol. The van der Waals surface area contributed by atoms with Gasteiger partial charge in [-0.1, -0.05) is 47.5 Å². The maximum absolute atomic E-state index is 12.5. The molecule has 1 N–H and O–H groups in total. The van der Waals surface area contributed by atoms with Crippen LogP contribution < -0.4 is 10.2 Å². The summed E-state index contributed by atoms with van der Waals surface area (Å²) < 4.78 is 4.62. The molecule has 0 saturated carbocycles. The van der Waals surface area contributed by atoms with Crippen molar-refractivity contribution < 1.29 is 14.3 Å². The Labute approximate surface area is 247 Å². The molecule has 0 radical (unpaired) electrons. The smallest absolute Gasteiger partial charge is 0.307 e. The number of hydrogen-bond acceptors (Lipinski definition) is 6. The summed E-state index contributed by atoms with van der Waals surface area (Å²) in [6, 6.07) is 19.8. The zero-order chi connectivity index (χ0) is 28.1. The fourth-order valence-corrected chi connectivity index (χ4v) is 5.91. The highest BCUT2D eigenvalue weighted by Crippen LogP contribution is 2.37. The highest BCUT2D eigenvalue weighted by Gasteiger charge is 2.19. The molecule has 0 bridgehead atoms. The van der Waals surface area contributed by atoms with Crippen LogP contribution in [0.1, 0.15) is 46.3 Å². The van der Waals surface area contributed by atoms with E-state index in [1.54, 1.807) is 29.5 Å². The second-order valence-electron chi connectivity index (χ2n) is 9.67. The van der Waals surface area contributed by atoms with Crippen molar-refractivity contribution >= 4 is 57.2 Å². The fraction of sp³-hybridized carbons (Fsp3) is 0.258. The quantitative estimate of drug-likeness (QED) is 0.202. The van der Waals surface area contributed by atoms with Crippen LogP contribution in [-0.4, -0.2) is 30.5 Å². The number of halogens is 2. The maximum atomic E-state index is 12.5. The molecule has 5 rings (SSSR count). The van der Waals surface area contributed by atoms with Crippen LogP contribution in [0.25, 0.3) is 11.3 Å². The number of benzene rings is 3. The van der Waals surface area contributed by atoms with Crippen molar-refractivity contribution in [3.8, 4) is 11.3 Å². The number of hydrogen-bond donors (Lipinski definition) is 1. The highest BCUT2D eigenvalue weighted by molar-refractivity contribution is 7.14. The summed E-state index contributed by atoms with van der Waals surface area (Å²) in [6.07, 6.45) is 4.78. The number of nitrogens with one attached hydrogen (secondary N) is 1. The van der Waals surface area contributed by atoms with Crippen LogP contribution in [0.4, 0.5) is 10.8 Å². The molecule has 1 amide bonds. The van der Waals surface area contributed by atoms with Gasteiger partial charge < -0.3 is 15.0 Å². The molecule has 206 valence electrons. The number of thiazole rings is 1. The number of fused-ring (bicyclic) bond motifs is 1. The van der Waals surface area contributed by atoms with E-state index in [4.69, 9.17) is 28.2 Å². The number of aryl methyl sites for hydroxylation is 2. The second-order valence-corrected chi connectivity index (χ2v) is 11.3. The Bertz CT molecular complexity index is 1520. The molecule has 0 fully saturated rings. The van der Waals surface area contributed by atoms with Gasteiger partial charge in [-0.15, -0.1) is 11.3 Å². The zero-order valence-corrected chi connectivity index (χ0v) is 24.4. The first-order valence-corrected chi connectivity index (χ1v) is 14.8. The molecule has 1 heterocycles. The Morgan fingerprint density at radius 1 is 0.975 bits per heavy atom. The molecule has 1 aromatic heterocycles.